The van der Waals surface area contributed by atoms with Gasteiger partial charge in [-0.1, -0.05) is 26.2 Å². The molecule has 0 atom stereocenters. The third kappa shape index (κ3) is 2.45. The molecule has 2 aromatic rings. The van der Waals surface area contributed by atoms with Gasteiger partial charge in [-0.15, -0.1) is 0 Å². The van der Waals surface area contributed by atoms with Gasteiger partial charge in [0.05, 0.1) is 5.69 Å². The highest BCUT2D eigenvalue weighted by Crippen LogP contribution is 2.36. The van der Waals surface area contributed by atoms with E-state index in [1.807, 2.05) is 25.0 Å². The van der Waals surface area contributed by atoms with Crippen LogP contribution in [0.5, 0.6) is 0 Å². The van der Waals surface area contributed by atoms with Gasteiger partial charge in [0.1, 0.15) is 17.3 Å². The molecular weight excluding hydrogens is 262 g/mol. The zero-order chi connectivity index (χ0) is 15.0. The van der Waals surface area contributed by atoms with E-state index in [-0.39, 0.29) is 0 Å². The minimum absolute atomic E-state index is 0.557. The highest BCUT2D eigenvalue weighted by atomic mass is 15.3. The van der Waals surface area contributed by atoms with Gasteiger partial charge in [-0.2, -0.15) is 5.10 Å². The van der Waals surface area contributed by atoms with Crippen LogP contribution in [0.3, 0.4) is 0 Å². The van der Waals surface area contributed by atoms with Crippen LogP contribution < -0.4 is 5.73 Å². The number of hydrogen-bond acceptors (Lipinski definition) is 3. The fourth-order valence-electron chi connectivity index (χ4n) is 3.45. The number of aromatic nitrogens is 4. The van der Waals surface area contributed by atoms with E-state index in [4.69, 9.17) is 10.7 Å². The summed E-state index contributed by atoms with van der Waals surface area (Å²) in [5, 5.41) is 4.51. The Hall–Kier alpha value is -1.78. The Labute approximate surface area is 126 Å². The SMILES string of the molecule is CCc1nn(C)cc1-c1nc(C2CCCCC2)n(C)c1N. The Morgan fingerprint density at radius 2 is 1.95 bits per heavy atom. The van der Waals surface area contributed by atoms with E-state index in [1.165, 1.54) is 32.1 Å². The van der Waals surface area contributed by atoms with Crippen molar-refractivity contribution >= 4 is 5.82 Å². The molecule has 0 bridgehead atoms. The van der Waals surface area contributed by atoms with Crippen molar-refractivity contribution < 1.29 is 0 Å². The topological polar surface area (TPSA) is 61.7 Å². The maximum absolute atomic E-state index is 6.34. The summed E-state index contributed by atoms with van der Waals surface area (Å²) in [5.74, 6) is 2.47. The van der Waals surface area contributed by atoms with Gasteiger partial charge in [-0.3, -0.25) is 4.68 Å². The Kier molecular flexibility index (Phi) is 3.74. The lowest BCUT2D eigenvalue weighted by Gasteiger charge is -2.21. The molecule has 0 radical (unpaired) electrons. The van der Waals surface area contributed by atoms with Crippen molar-refractivity contribution in [2.75, 3.05) is 5.73 Å². The van der Waals surface area contributed by atoms with Crippen LogP contribution >= 0.6 is 0 Å². The fraction of sp³-hybridized carbons (Fsp3) is 0.625. The van der Waals surface area contributed by atoms with E-state index in [0.29, 0.717) is 5.92 Å². The minimum Gasteiger partial charge on any atom is -0.383 e. The van der Waals surface area contributed by atoms with Gasteiger partial charge in [0, 0.05) is 31.8 Å². The second kappa shape index (κ2) is 5.54. The van der Waals surface area contributed by atoms with Crippen molar-refractivity contribution in [2.45, 2.75) is 51.4 Å². The maximum Gasteiger partial charge on any atom is 0.131 e. The average molecular weight is 287 g/mol. The van der Waals surface area contributed by atoms with E-state index in [2.05, 4.69) is 16.6 Å². The Morgan fingerprint density at radius 3 is 2.62 bits per heavy atom. The first-order chi connectivity index (χ1) is 10.1. The first kappa shape index (κ1) is 14.2. The van der Waals surface area contributed by atoms with Crippen LogP contribution in [0.1, 0.15) is 56.5 Å². The van der Waals surface area contributed by atoms with Gasteiger partial charge in [0.15, 0.2) is 0 Å². The second-order valence-electron chi connectivity index (χ2n) is 6.11. The summed E-state index contributed by atoms with van der Waals surface area (Å²) in [6.07, 6.45) is 9.35. The summed E-state index contributed by atoms with van der Waals surface area (Å²) in [6, 6.07) is 0. The number of nitrogens with zero attached hydrogens (tertiary/aromatic N) is 4. The van der Waals surface area contributed by atoms with Crippen molar-refractivity contribution in [3.63, 3.8) is 0 Å². The molecule has 1 fully saturated rings. The molecule has 1 aliphatic carbocycles. The average Bonchev–Trinajstić information content (AvgIpc) is 3.01. The Morgan fingerprint density at radius 1 is 1.24 bits per heavy atom. The van der Waals surface area contributed by atoms with Gasteiger partial charge >= 0.3 is 0 Å². The lowest BCUT2D eigenvalue weighted by molar-refractivity contribution is 0.422. The summed E-state index contributed by atoms with van der Waals surface area (Å²) in [6.45, 7) is 2.12. The summed E-state index contributed by atoms with van der Waals surface area (Å²) < 4.78 is 3.93. The molecule has 0 aliphatic heterocycles. The summed E-state index contributed by atoms with van der Waals surface area (Å²) in [4.78, 5) is 4.91. The molecule has 114 valence electrons. The largest absolute Gasteiger partial charge is 0.383 e. The highest BCUT2D eigenvalue weighted by molar-refractivity contribution is 5.72. The van der Waals surface area contributed by atoms with Crippen molar-refractivity contribution in [2.24, 2.45) is 14.1 Å². The van der Waals surface area contributed by atoms with Crippen LogP contribution in [-0.2, 0) is 20.5 Å². The van der Waals surface area contributed by atoms with Crippen LogP contribution in [0, 0.1) is 0 Å². The number of nitrogen functional groups attached to an aromatic ring is 1. The number of imidazole rings is 1. The van der Waals surface area contributed by atoms with E-state index in [0.717, 1.165) is 35.0 Å². The van der Waals surface area contributed by atoms with Crippen LogP contribution in [0.4, 0.5) is 5.82 Å². The van der Waals surface area contributed by atoms with E-state index in [9.17, 15) is 0 Å². The lowest BCUT2D eigenvalue weighted by Crippen LogP contribution is -2.11. The highest BCUT2D eigenvalue weighted by Gasteiger charge is 2.24. The molecule has 2 N–H and O–H groups in total. The summed E-state index contributed by atoms with van der Waals surface area (Å²) in [7, 11) is 3.99. The quantitative estimate of drug-likeness (QED) is 0.944. The second-order valence-corrected chi connectivity index (χ2v) is 6.11. The van der Waals surface area contributed by atoms with Crippen molar-refractivity contribution in [1.82, 2.24) is 19.3 Å². The zero-order valence-corrected chi connectivity index (χ0v) is 13.3. The molecule has 0 spiro atoms. The van der Waals surface area contributed by atoms with E-state index in [1.54, 1.807) is 0 Å². The first-order valence-electron chi connectivity index (χ1n) is 7.96. The third-order valence-electron chi connectivity index (χ3n) is 4.64. The molecule has 0 amide bonds. The van der Waals surface area contributed by atoms with Crippen molar-refractivity contribution in [3.8, 4) is 11.3 Å². The molecule has 2 aromatic heterocycles. The molecule has 5 nitrogen and oxygen atoms in total. The molecule has 2 heterocycles. The van der Waals surface area contributed by atoms with Crippen LogP contribution in [0.15, 0.2) is 6.20 Å². The van der Waals surface area contributed by atoms with Gasteiger partial charge in [-0.25, -0.2) is 4.98 Å². The standard InChI is InChI=1S/C16H25N5/c1-4-13-12(10-20(2)19-13)14-15(17)21(3)16(18-14)11-8-6-5-7-9-11/h10-11H,4-9,17H2,1-3H3. The minimum atomic E-state index is 0.557. The summed E-state index contributed by atoms with van der Waals surface area (Å²) >= 11 is 0. The molecule has 5 heteroatoms. The number of nitrogens with two attached hydrogens (primary N) is 1. The molecule has 1 aliphatic rings. The van der Waals surface area contributed by atoms with E-state index >= 15 is 0 Å². The number of hydrogen-bond donors (Lipinski definition) is 1. The maximum atomic E-state index is 6.34. The molecule has 1 saturated carbocycles. The predicted octanol–water partition coefficient (Wildman–Crippen LogP) is 3.01. The predicted molar refractivity (Wildman–Crippen MR) is 85.0 cm³/mol. The number of aryl methyl sites for hydroxylation is 2. The Bertz CT molecular complexity index is 631. The first-order valence-corrected chi connectivity index (χ1v) is 7.96. The van der Waals surface area contributed by atoms with Crippen LogP contribution in [0.25, 0.3) is 11.3 Å². The smallest absolute Gasteiger partial charge is 0.131 e. The monoisotopic (exact) mass is 287 g/mol. The van der Waals surface area contributed by atoms with Gasteiger partial charge < -0.3 is 10.3 Å². The molecular formula is C16H25N5. The van der Waals surface area contributed by atoms with E-state index < -0.39 is 0 Å². The Balaban J connectivity index is 2.03. The van der Waals surface area contributed by atoms with Gasteiger partial charge in [0.25, 0.3) is 0 Å². The van der Waals surface area contributed by atoms with Crippen molar-refractivity contribution in [3.05, 3.63) is 17.7 Å². The molecule has 3 rings (SSSR count). The summed E-state index contributed by atoms with van der Waals surface area (Å²) in [5.41, 5.74) is 9.39. The normalized spacial score (nSPS) is 16.5. The van der Waals surface area contributed by atoms with Crippen LogP contribution in [0.2, 0.25) is 0 Å². The zero-order valence-electron chi connectivity index (χ0n) is 13.3. The molecule has 21 heavy (non-hydrogen) atoms. The van der Waals surface area contributed by atoms with Gasteiger partial charge in [-0.05, 0) is 19.3 Å². The van der Waals surface area contributed by atoms with Crippen molar-refractivity contribution in [1.29, 1.82) is 0 Å². The fourth-order valence-corrected chi connectivity index (χ4v) is 3.45. The third-order valence-corrected chi connectivity index (χ3v) is 4.64. The number of anilines is 1. The number of rotatable bonds is 3. The lowest BCUT2D eigenvalue weighted by atomic mass is 9.89. The molecule has 0 aromatic carbocycles. The molecule has 0 unspecified atom stereocenters. The van der Waals surface area contributed by atoms with Crippen LogP contribution in [-0.4, -0.2) is 19.3 Å². The van der Waals surface area contributed by atoms with Gasteiger partial charge in [0.2, 0.25) is 0 Å². The molecule has 0 saturated heterocycles.